The molecule has 0 saturated carbocycles. The molecule has 0 saturated heterocycles. The van der Waals surface area contributed by atoms with Gasteiger partial charge in [0.25, 0.3) is 5.91 Å². The van der Waals surface area contributed by atoms with Crippen LogP contribution in [0.3, 0.4) is 0 Å². The number of nitrogens with one attached hydrogen (secondary N) is 2. The number of benzene rings is 2. The predicted molar refractivity (Wildman–Crippen MR) is 179 cm³/mol. The Balaban J connectivity index is 1.38. The van der Waals surface area contributed by atoms with Crippen molar-refractivity contribution in [3.63, 3.8) is 0 Å². The van der Waals surface area contributed by atoms with E-state index in [2.05, 4.69) is 67.4 Å². The van der Waals surface area contributed by atoms with E-state index in [4.69, 9.17) is 18.6 Å². The number of rotatable bonds is 12. The Morgan fingerprint density at radius 2 is 1.57 bits per heavy atom. The van der Waals surface area contributed by atoms with Crippen molar-refractivity contribution in [3.8, 4) is 11.8 Å². The molecule has 1 aliphatic heterocycles. The van der Waals surface area contributed by atoms with Gasteiger partial charge in [-0.1, -0.05) is 42.5 Å². The molecule has 2 aromatic heterocycles. The number of hydrogen-bond acceptors (Lipinski definition) is 10. The van der Waals surface area contributed by atoms with Gasteiger partial charge in [0.2, 0.25) is 17.7 Å². The molecule has 4 aromatic rings. The number of furan rings is 1. The van der Waals surface area contributed by atoms with Crippen LogP contribution in [0.2, 0.25) is 0 Å². The second-order valence-corrected chi connectivity index (χ2v) is 12.7. The molecule has 1 amide bonds. The molecule has 0 atom stereocenters. The van der Waals surface area contributed by atoms with Crippen LogP contribution in [0.4, 0.5) is 11.6 Å². The van der Waals surface area contributed by atoms with Crippen LogP contribution >= 0.6 is 0 Å². The molecule has 0 unspecified atom stereocenters. The number of esters is 1. The second-order valence-electron chi connectivity index (χ2n) is 12.7. The van der Waals surface area contributed by atoms with Crippen molar-refractivity contribution in [1.82, 2.24) is 15.3 Å². The number of methoxy groups -OCH3 is 2. The summed E-state index contributed by atoms with van der Waals surface area (Å²) in [6, 6.07) is 17.5. The molecule has 0 aliphatic carbocycles. The smallest absolute Gasteiger partial charge is 0.325 e. The average Bonchev–Trinajstić information content (AvgIpc) is 3.56. The van der Waals surface area contributed by atoms with Crippen molar-refractivity contribution >= 4 is 23.5 Å². The lowest BCUT2D eigenvalue weighted by molar-refractivity contribution is -0.141. The Hall–Kier alpha value is -4.90. The van der Waals surface area contributed by atoms with Crippen LogP contribution in [0, 0.1) is 6.92 Å². The minimum atomic E-state index is -0.519. The number of anilines is 2. The molecule has 1 aliphatic rings. The largest absolute Gasteiger partial charge is 0.479 e. The fourth-order valence-corrected chi connectivity index (χ4v) is 6.17. The molecule has 47 heavy (non-hydrogen) atoms. The van der Waals surface area contributed by atoms with Crippen LogP contribution in [0.15, 0.2) is 59.0 Å². The molecule has 248 valence electrons. The molecular weight excluding hydrogens is 598 g/mol. The Kier molecular flexibility index (Phi) is 9.58. The fourth-order valence-electron chi connectivity index (χ4n) is 6.17. The first-order valence-electron chi connectivity index (χ1n) is 15.6. The van der Waals surface area contributed by atoms with E-state index in [0.717, 1.165) is 16.7 Å². The van der Waals surface area contributed by atoms with E-state index in [0.29, 0.717) is 18.7 Å². The number of ether oxygens (including phenoxy) is 3. The Bertz CT molecular complexity index is 1740. The lowest BCUT2D eigenvalue weighted by Crippen LogP contribution is -2.39. The predicted octanol–water partition coefficient (Wildman–Crippen LogP) is 5.88. The van der Waals surface area contributed by atoms with E-state index < -0.39 is 11.9 Å². The number of fused-ring (bicyclic) bond motifs is 1. The fraction of sp³-hybridized carbons (Fsp3) is 0.389. The third kappa shape index (κ3) is 7.25. The first-order valence-corrected chi connectivity index (χ1v) is 15.6. The second kappa shape index (κ2) is 13.4. The molecule has 11 nitrogen and oxygen atoms in total. The van der Waals surface area contributed by atoms with Gasteiger partial charge in [-0.15, -0.1) is 0 Å². The van der Waals surface area contributed by atoms with Gasteiger partial charge in [-0.05, 0) is 81.5 Å². The third-order valence-electron chi connectivity index (χ3n) is 8.28. The maximum atomic E-state index is 13.4. The minimum Gasteiger partial charge on any atom is -0.479 e. The minimum absolute atomic E-state index is 0.0572. The Morgan fingerprint density at radius 3 is 2.19 bits per heavy atom. The van der Waals surface area contributed by atoms with Crippen molar-refractivity contribution in [2.75, 3.05) is 37.6 Å². The van der Waals surface area contributed by atoms with E-state index in [9.17, 15) is 9.59 Å². The number of amides is 1. The zero-order valence-electron chi connectivity index (χ0n) is 28.3. The molecule has 0 bridgehead atoms. The topological polar surface area (TPSA) is 128 Å². The molecule has 0 radical (unpaired) electrons. The summed E-state index contributed by atoms with van der Waals surface area (Å²) in [4.78, 5) is 36.6. The standard InChI is InChI=1S/C36H43N5O6/c1-9-46-29(42)21-41(20-23-13-11-10-12-14-23)34-38-32(44-7)30(33(39-34)45-8)37-31(43)28-16-15-25(47-28)18-24-19-27-26(17-22(24)2)35(3,4)40-36(27,5)6/h10-17,19,40H,9,18,20-21H2,1-8H3,(H,37,43). The first kappa shape index (κ1) is 33.5. The molecule has 0 fully saturated rings. The third-order valence-corrected chi connectivity index (χ3v) is 8.28. The monoisotopic (exact) mass is 641 g/mol. The summed E-state index contributed by atoms with van der Waals surface area (Å²) in [6.45, 7) is 13.1. The van der Waals surface area contributed by atoms with Gasteiger partial charge in [0.15, 0.2) is 11.4 Å². The average molecular weight is 642 g/mol. The normalized spacial score (nSPS) is 14.3. The lowest BCUT2D eigenvalue weighted by atomic mass is 9.86. The van der Waals surface area contributed by atoms with Gasteiger partial charge < -0.3 is 28.8 Å². The highest BCUT2D eigenvalue weighted by Gasteiger charge is 2.41. The summed E-state index contributed by atoms with van der Waals surface area (Å²) < 4.78 is 22.3. The van der Waals surface area contributed by atoms with Crippen molar-refractivity contribution < 1.29 is 28.2 Å². The van der Waals surface area contributed by atoms with Gasteiger partial charge in [-0.3, -0.25) is 14.9 Å². The van der Waals surface area contributed by atoms with E-state index >= 15 is 0 Å². The molecule has 0 spiro atoms. The first-order chi connectivity index (χ1) is 22.3. The molecule has 11 heteroatoms. The molecule has 5 rings (SSSR count). The van der Waals surface area contributed by atoms with E-state index in [1.54, 1.807) is 24.0 Å². The zero-order valence-corrected chi connectivity index (χ0v) is 28.3. The Morgan fingerprint density at radius 1 is 0.936 bits per heavy atom. The van der Waals surface area contributed by atoms with Gasteiger partial charge in [0.1, 0.15) is 12.3 Å². The maximum absolute atomic E-state index is 13.4. The summed E-state index contributed by atoms with van der Waals surface area (Å²) in [6.07, 6.45) is 0.533. The lowest BCUT2D eigenvalue weighted by Gasteiger charge is -2.25. The highest BCUT2D eigenvalue weighted by Crippen LogP contribution is 2.42. The van der Waals surface area contributed by atoms with E-state index in [1.165, 1.54) is 25.3 Å². The quantitative estimate of drug-likeness (QED) is 0.181. The molecule has 3 heterocycles. The molecule has 2 aromatic carbocycles. The summed E-state index contributed by atoms with van der Waals surface area (Å²) in [7, 11) is 2.85. The van der Waals surface area contributed by atoms with Crippen LogP contribution in [-0.2, 0) is 33.6 Å². The van der Waals surface area contributed by atoms with Gasteiger partial charge in [-0.25, -0.2) is 0 Å². The summed E-state index contributed by atoms with van der Waals surface area (Å²) in [5.41, 5.74) is 5.63. The SMILES string of the molecule is CCOC(=O)CN(Cc1ccccc1)c1nc(OC)c(NC(=O)c2ccc(Cc3cc4c(cc3C)C(C)(C)NC4(C)C)o2)c(OC)n1. The molecular formula is C36H43N5O6. The van der Waals surface area contributed by atoms with Crippen molar-refractivity contribution in [1.29, 1.82) is 0 Å². The zero-order chi connectivity index (χ0) is 33.9. The van der Waals surface area contributed by atoms with Gasteiger partial charge in [0, 0.05) is 24.0 Å². The van der Waals surface area contributed by atoms with Crippen LogP contribution in [-0.4, -0.2) is 49.2 Å². The number of hydrogen-bond donors (Lipinski definition) is 2. The van der Waals surface area contributed by atoms with Crippen molar-refractivity contribution in [2.45, 2.75) is 65.6 Å². The van der Waals surface area contributed by atoms with Crippen LogP contribution in [0.1, 0.15) is 78.8 Å². The number of carbonyl (C=O) groups is 2. The van der Waals surface area contributed by atoms with Gasteiger partial charge in [0.05, 0.1) is 20.8 Å². The highest BCUT2D eigenvalue weighted by atomic mass is 16.5. The summed E-state index contributed by atoms with van der Waals surface area (Å²) in [5, 5.41) is 6.51. The summed E-state index contributed by atoms with van der Waals surface area (Å²) >= 11 is 0. The van der Waals surface area contributed by atoms with Crippen molar-refractivity contribution in [2.24, 2.45) is 0 Å². The van der Waals surface area contributed by atoms with Crippen LogP contribution in [0.5, 0.6) is 11.8 Å². The van der Waals surface area contributed by atoms with Crippen molar-refractivity contribution in [3.05, 3.63) is 93.9 Å². The number of carbonyl (C=O) groups excluding carboxylic acids is 2. The van der Waals surface area contributed by atoms with Crippen LogP contribution in [0.25, 0.3) is 0 Å². The number of aryl methyl sites for hydroxylation is 1. The highest BCUT2D eigenvalue weighted by molar-refractivity contribution is 6.03. The maximum Gasteiger partial charge on any atom is 0.325 e. The number of nitrogens with zero attached hydrogens (tertiary/aromatic N) is 3. The van der Waals surface area contributed by atoms with E-state index in [1.807, 2.05) is 30.3 Å². The van der Waals surface area contributed by atoms with Gasteiger partial charge in [-0.2, -0.15) is 9.97 Å². The Labute approximate surface area is 275 Å². The number of aromatic nitrogens is 2. The summed E-state index contributed by atoms with van der Waals surface area (Å²) in [5.74, 6) is 0.0966. The van der Waals surface area contributed by atoms with E-state index in [-0.39, 0.29) is 53.4 Å². The van der Waals surface area contributed by atoms with Crippen LogP contribution < -0.4 is 25.0 Å². The van der Waals surface area contributed by atoms with Gasteiger partial charge >= 0.3 is 5.97 Å². The molecule has 2 N–H and O–H groups in total.